The molecule has 1 aliphatic carbocycles. The molecule has 0 saturated carbocycles. The summed E-state index contributed by atoms with van der Waals surface area (Å²) in [7, 11) is 1.51. The van der Waals surface area contributed by atoms with E-state index in [2.05, 4.69) is 15.6 Å². The van der Waals surface area contributed by atoms with Gasteiger partial charge in [-0.25, -0.2) is 4.79 Å². The van der Waals surface area contributed by atoms with Crippen LogP contribution in [0.25, 0.3) is 0 Å². The lowest BCUT2D eigenvalue weighted by atomic mass is 10.1. The van der Waals surface area contributed by atoms with Crippen molar-refractivity contribution < 1.29 is 9.59 Å². The first-order valence-electron chi connectivity index (χ1n) is 9.50. The van der Waals surface area contributed by atoms with Crippen molar-refractivity contribution in [3.63, 3.8) is 0 Å². The van der Waals surface area contributed by atoms with Gasteiger partial charge in [0.05, 0.1) is 17.7 Å². The highest BCUT2D eigenvalue weighted by molar-refractivity contribution is 7.14. The minimum Gasteiger partial charge on any atom is -0.348 e. The van der Waals surface area contributed by atoms with Gasteiger partial charge in [-0.2, -0.15) is 0 Å². The van der Waals surface area contributed by atoms with Crippen molar-refractivity contribution in [2.45, 2.75) is 25.8 Å². The zero-order valence-corrected chi connectivity index (χ0v) is 17.1. The maximum absolute atomic E-state index is 12.7. The van der Waals surface area contributed by atoms with Crippen LogP contribution in [0.5, 0.6) is 0 Å². The molecule has 0 radical (unpaired) electrons. The van der Waals surface area contributed by atoms with Crippen LogP contribution >= 0.6 is 11.3 Å². The number of anilines is 1. The summed E-state index contributed by atoms with van der Waals surface area (Å²) in [6.07, 6.45) is 4.51. The van der Waals surface area contributed by atoms with Gasteiger partial charge in [0, 0.05) is 18.8 Å². The lowest BCUT2D eigenvalue weighted by Crippen LogP contribution is -2.33. The van der Waals surface area contributed by atoms with Crippen molar-refractivity contribution in [2.75, 3.05) is 5.32 Å². The highest BCUT2D eigenvalue weighted by Gasteiger charge is 2.18. The fourth-order valence-corrected chi connectivity index (χ4v) is 4.27. The second-order valence-corrected chi connectivity index (χ2v) is 8.08. The Morgan fingerprint density at radius 1 is 1.13 bits per heavy atom. The number of H-pyrrole nitrogens is 1. The number of thiophene rings is 1. The third kappa shape index (κ3) is 3.97. The van der Waals surface area contributed by atoms with Gasteiger partial charge in [-0.1, -0.05) is 6.07 Å². The Morgan fingerprint density at radius 3 is 2.77 bits per heavy atom. The van der Waals surface area contributed by atoms with Crippen molar-refractivity contribution >= 4 is 28.2 Å². The summed E-state index contributed by atoms with van der Waals surface area (Å²) < 4.78 is 1.23. The SMILES string of the molecule is Cn1cc(CNC(=O)c2ccsc2NC(=O)c2ccc3c(c2)CCC3)c(=O)[nH]c1=O. The third-order valence-electron chi connectivity index (χ3n) is 5.12. The third-order valence-corrected chi connectivity index (χ3v) is 5.95. The molecule has 1 aromatic carbocycles. The van der Waals surface area contributed by atoms with Crippen molar-refractivity contribution in [1.82, 2.24) is 14.9 Å². The van der Waals surface area contributed by atoms with Crippen LogP contribution in [0.4, 0.5) is 5.00 Å². The van der Waals surface area contributed by atoms with Crippen molar-refractivity contribution in [1.29, 1.82) is 0 Å². The Hall–Kier alpha value is -3.46. The number of benzene rings is 1. The van der Waals surface area contributed by atoms with Crippen molar-refractivity contribution in [3.05, 3.63) is 84.5 Å². The molecule has 0 spiro atoms. The molecule has 154 valence electrons. The minimum absolute atomic E-state index is 0.0453. The monoisotopic (exact) mass is 424 g/mol. The number of amides is 2. The van der Waals surface area contributed by atoms with Crippen LogP contribution in [0.3, 0.4) is 0 Å². The molecule has 4 rings (SSSR count). The summed E-state index contributed by atoms with van der Waals surface area (Å²) in [5.41, 5.74) is 2.55. The number of hydrogen-bond acceptors (Lipinski definition) is 5. The van der Waals surface area contributed by atoms with Gasteiger partial charge in [-0.3, -0.25) is 19.4 Å². The smallest absolute Gasteiger partial charge is 0.328 e. The van der Waals surface area contributed by atoms with Crippen molar-refractivity contribution in [3.8, 4) is 0 Å². The average Bonchev–Trinajstić information content (AvgIpc) is 3.38. The first-order chi connectivity index (χ1) is 14.4. The highest BCUT2D eigenvalue weighted by atomic mass is 32.1. The van der Waals surface area contributed by atoms with Gasteiger partial charge >= 0.3 is 5.69 Å². The maximum atomic E-state index is 12.7. The van der Waals surface area contributed by atoms with E-state index in [1.807, 2.05) is 12.1 Å². The fraction of sp³-hybridized carbons (Fsp3) is 0.238. The predicted molar refractivity (Wildman–Crippen MR) is 114 cm³/mol. The van der Waals surface area contributed by atoms with E-state index >= 15 is 0 Å². The number of aromatic nitrogens is 2. The van der Waals surface area contributed by atoms with Crippen LogP contribution in [0, 0.1) is 0 Å². The number of hydrogen-bond donors (Lipinski definition) is 3. The van der Waals surface area contributed by atoms with E-state index in [0.29, 0.717) is 16.1 Å². The topological polar surface area (TPSA) is 113 Å². The van der Waals surface area contributed by atoms with Crippen molar-refractivity contribution in [2.24, 2.45) is 7.05 Å². The number of aromatic amines is 1. The molecule has 1 aliphatic rings. The molecule has 0 saturated heterocycles. The summed E-state index contributed by atoms with van der Waals surface area (Å²) in [5, 5.41) is 7.62. The van der Waals surface area contributed by atoms with Crippen LogP contribution in [-0.2, 0) is 26.4 Å². The second-order valence-electron chi connectivity index (χ2n) is 7.16. The Morgan fingerprint density at radius 2 is 1.93 bits per heavy atom. The van der Waals surface area contributed by atoms with E-state index in [9.17, 15) is 19.2 Å². The van der Waals surface area contributed by atoms with Crippen LogP contribution in [0.2, 0.25) is 0 Å². The van der Waals surface area contributed by atoms with Gasteiger partial charge < -0.3 is 15.2 Å². The molecule has 9 heteroatoms. The lowest BCUT2D eigenvalue weighted by Gasteiger charge is -2.09. The summed E-state index contributed by atoms with van der Waals surface area (Å²) in [5.74, 6) is -0.690. The summed E-state index contributed by atoms with van der Waals surface area (Å²) in [4.78, 5) is 50.7. The molecule has 0 bridgehead atoms. The Balaban J connectivity index is 1.45. The predicted octanol–water partition coefficient (Wildman–Crippen LogP) is 1.81. The molecule has 2 aromatic heterocycles. The van der Waals surface area contributed by atoms with E-state index in [1.165, 1.54) is 40.3 Å². The van der Waals surface area contributed by atoms with Gasteiger partial charge in [0.1, 0.15) is 5.00 Å². The molecule has 8 nitrogen and oxygen atoms in total. The largest absolute Gasteiger partial charge is 0.348 e. The van der Waals surface area contributed by atoms with E-state index in [1.54, 1.807) is 17.5 Å². The highest BCUT2D eigenvalue weighted by Crippen LogP contribution is 2.26. The number of fused-ring (bicyclic) bond motifs is 1. The number of aryl methyl sites for hydroxylation is 3. The Bertz CT molecular complexity index is 1250. The number of carbonyl (C=O) groups excluding carboxylic acids is 2. The molecule has 0 aliphatic heterocycles. The molecule has 2 amide bonds. The van der Waals surface area contributed by atoms with Crippen LogP contribution in [-0.4, -0.2) is 21.4 Å². The number of carbonyl (C=O) groups is 2. The molecular formula is C21H20N4O4S. The number of nitrogens with zero attached hydrogens (tertiary/aromatic N) is 1. The summed E-state index contributed by atoms with van der Waals surface area (Å²) >= 11 is 1.25. The zero-order chi connectivity index (χ0) is 21.3. The maximum Gasteiger partial charge on any atom is 0.328 e. The van der Waals surface area contributed by atoms with Gasteiger partial charge in [-0.15, -0.1) is 11.3 Å². The normalized spacial score (nSPS) is 12.4. The Kier molecular flexibility index (Phi) is 5.37. The first kappa shape index (κ1) is 19.8. The standard InChI is InChI=1S/C21H20N4O4S/c1-25-11-15(18(27)24-21(25)29)10-22-19(28)16-7-8-30-20(16)23-17(26)14-6-5-12-3-2-4-13(12)9-14/h5-9,11H,2-4,10H2,1H3,(H,22,28)(H,23,26)(H,24,27,29). The van der Waals surface area contributed by atoms with Gasteiger partial charge in [0.15, 0.2) is 0 Å². The van der Waals surface area contributed by atoms with E-state index < -0.39 is 17.2 Å². The van der Waals surface area contributed by atoms with Crippen LogP contribution < -0.4 is 21.9 Å². The first-order valence-corrected chi connectivity index (χ1v) is 10.4. The average molecular weight is 424 g/mol. The molecule has 30 heavy (non-hydrogen) atoms. The number of rotatable bonds is 5. The molecular weight excluding hydrogens is 404 g/mol. The zero-order valence-electron chi connectivity index (χ0n) is 16.3. The quantitative estimate of drug-likeness (QED) is 0.580. The van der Waals surface area contributed by atoms with E-state index in [-0.39, 0.29) is 18.0 Å². The molecule has 3 N–H and O–H groups in total. The van der Waals surface area contributed by atoms with Gasteiger partial charge in [0.2, 0.25) is 0 Å². The lowest BCUT2D eigenvalue weighted by molar-refractivity contribution is 0.0952. The second kappa shape index (κ2) is 8.11. The van der Waals surface area contributed by atoms with E-state index in [0.717, 1.165) is 19.3 Å². The molecule has 0 atom stereocenters. The molecule has 3 aromatic rings. The Labute approximate surface area is 175 Å². The van der Waals surface area contributed by atoms with E-state index in [4.69, 9.17) is 0 Å². The summed E-state index contributed by atoms with van der Waals surface area (Å²) in [6.45, 7) is -0.0453. The summed E-state index contributed by atoms with van der Waals surface area (Å²) in [6, 6.07) is 7.32. The van der Waals surface area contributed by atoms with Gasteiger partial charge in [0.25, 0.3) is 17.4 Å². The molecule has 0 fully saturated rings. The molecule has 0 unspecified atom stereocenters. The molecule has 2 heterocycles. The van der Waals surface area contributed by atoms with Crippen LogP contribution in [0.1, 0.15) is 43.8 Å². The van der Waals surface area contributed by atoms with Gasteiger partial charge in [-0.05, 0) is 54.0 Å². The number of nitrogens with one attached hydrogen (secondary N) is 3. The van der Waals surface area contributed by atoms with Crippen LogP contribution in [0.15, 0.2) is 45.4 Å². The fourth-order valence-electron chi connectivity index (χ4n) is 3.49. The minimum atomic E-state index is -0.547.